The standard InChI is InChI=1S/C12H15BrN2/c1-8-5-9(13)6-11-12(8)14-7-10-3-2-4-15(10)11/h5-6,10,14H,2-4,7H2,1H3. The Morgan fingerprint density at radius 3 is 3.20 bits per heavy atom. The second kappa shape index (κ2) is 3.41. The van der Waals surface area contributed by atoms with Crippen molar-refractivity contribution in [3.63, 3.8) is 0 Å². The third kappa shape index (κ3) is 1.44. The van der Waals surface area contributed by atoms with E-state index in [0.717, 1.165) is 6.54 Å². The molecule has 1 fully saturated rings. The number of aryl methyl sites for hydroxylation is 1. The van der Waals surface area contributed by atoms with Crippen LogP contribution in [0, 0.1) is 6.92 Å². The maximum absolute atomic E-state index is 3.58. The lowest BCUT2D eigenvalue weighted by molar-refractivity contribution is 0.682. The van der Waals surface area contributed by atoms with Crippen molar-refractivity contribution in [1.29, 1.82) is 0 Å². The molecule has 2 heterocycles. The van der Waals surface area contributed by atoms with Crippen molar-refractivity contribution in [2.45, 2.75) is 25.8 Å². The lowest BCUT2D eigenvalue weighted by Gasteiger charge is -2.35. The van der Waals surface area contributed by atoms with Gasteiger partial charge in [0.2, 0.25) is 0 Å². The highest BCUT2D eigenvalue weighted by molar-refractivity contribution is 9.10. The number of rotatable bonds is 0. The second-order valence-corrected chi connectivity index (χ2v) is 5.40. The van der Waals surface area contributed by atoms with Gasteiger partial charge in [0, 0.05) is 23.6 Å². The van der Waals surface area contributed by atoms with Crippen LogP contribution in [-0.4, -0.2) is 19.1 Å². The molecule has 1 N–H and O–H groups in total. The molecule has 3 rings (SSSR count). The zero-order chi connectivity index (χ0) is 10.4. The molecule has 0 amide bonds. The van der Waals surface area contributed by atoms with E-state index in [-0.39, 0.29) is 0 Å². The Morgan fingerprint density at radius 2 is 2.33 bits per heavy atom. The summed E-state index contributed by atoms with van der Waals surface area (Å²) in [6.45, 7) is 4.50. The third-order valence-corrected chi connectivity index (χ3v) is 3.94. The quantitative estimate of drug-likeness (QED) is 0.776. The van der Waals surface area contributed by atoms with Crippen LogP contribution in [0.3, 0.4) is 0 Å². The van der Waals surface area contributed by atoms with E-state index in [0.29, 0.717) is 6.04 Å². The summed E-state index contributed by atoms with van der Waals surface area (Å²) in [6.07, 6.45) is 2.66. The van der Waals surface area contributed by atoms with Gasteiger partial charge < -0.3 is 10.2 Å². The third-order valence-electron chi connectivity index (χ3n) is 3.48. The molecule has 1 aromatic carbocycles. The number of nitrogens with zero attached hydrogens (tertiary/aromatic N) is 1. The number of benzene rings is 1. The molecule has 2 aliphatic rings. The molecule has 15 heavy (non-hydrogen) atoms. The zero-order valence-corrected chi connectivity index (χ0v) is 10.5. The van der Waals surface area contributed by atoms with E-state index in [1.165, 1.54) is 40.8 Å². The van der Waals surface area contributed by atoms with Crippen LogP contribution in [0.15, 0.2) is 16.6 Å². The van der Waals surface area contributed by atoms with Gasteiger partial charge in [0.15, 0.2) is 0 Å². The number of anilines is 2. The molecule has 80 valence electrons. The molecule has 0 spiro atoms. The van der Waals surface area contributed by atoms with Crippen molar-refractivity contribution in [2.75, 3.05) is 23.3 Å². The number of hydrogen-bond donors (Lipinski definition) is 1. The lowest BCUT2D eigenvalue weighted by atomic mass is 10.1. The molecule has 1 aromatic rings. The van der Waals surface area contributed by atoms with Gasteiger partial charge in [-0.15, -0.1) is 0 Å². The minimum Gasteiger partial charge on any atom is -0.381 e. The summed E-state index contributed by atoms with van der Waals surface area (Å²) in [5.41, 5.74) is 4.05. The molecule has 1 unspecified atom stereocenters. The molecule has 2 nitrogen and oxygen atoms in total. The average molecular weight is 267 g/mol. The largest absolute Gasteiger partial charge is 0.381 e. The summed E-state index contributed by atoms with van der Waals surface area (Å²) in [5.74, 6) is 0. The first kappa shape index (κ1) is 9.52. The van der Waals surface area contributed by atoms with E-state index in [1.54, 1.807) is 0 Å². The number of nitrogens with one attached hydrogen (secondary N) is 1. The first-order valence-corrected chi connectivity index (χ1v) is 6.35. The van der Waals surface area contributed by atoms with Gasteiger partial charge in [0.1, 0.15) is 0 Å². The molecule has 0 saturated carbocycles. The SMILES string of the molecule is Cc1cc(Br)cc2c1NCC1CCCN21. The van der Waals surface area contributed by atoms with Gasteiger partial charge in [-0.05, 0) is 37.5 Å². The van der Waals surface area contributed by atoms with Crippen molar-refractivity contribution >= 4 is 27.3 Å². The number of halogens is 1. The summed E-state index contributed by atoms with van der Waals surface area (Å²) in [5, 5.41) is 3.57. The first-order valence-electron chi connectivity index (χ1n) is 5.56. The van der Waals surface area contributed by atoms with E-state index in [4.69, 9.17) is 0 Å². The van der Waals surface area contributed by atoms with Crippen LogP contribution in [0.1, 0.15) is 18.4 Å². The second-order valence-electron chi connectivity index (χ2n) is 4.49. The van der Waals surface area contributed by atoms with E-state index >= 15 is 0 Å². The van der Waals surface area contributed by atoms with Gasteiger partial charge in [0.25, 0.3) is 0 Å². The fourth-order valence-electron chi connectivity index (χ4n) is 2.77. The van der Waals surface area contributed by atoms with Crippen LogP contribution in [0.2, 0.25) is 0 Å². The molecule has 0 aromatic heterocycles. The Kier molecular flexibility index (Phi) is 2.16. The zero-order valence-electron chi connectivity index (χ0n) is 8.89. The van der Waals surface area contributed by atoms with Crippen molar-refractivity contribution in [2.24, 2.45) is 0 Å². The van der Waals surface area contributed by atoms with Crippen LogP contribution >= 0.6 is 15.9 Å². The molecule has 3 heteroatoms. The summed E-state index contributed by atoms with van der Waals surface area (Å²) in [7, 11) is 0. The summed E-state index contributed by atoms with van der Waals surface area (Å²) < 4.78 is 1.19. The molecule has 0 radical (unpaired) electrons. The summed E-state index contributed by atoms with van der Waals surface area (Å²) in [6, 6.07) is 5.14. The van der Waals surface area contributed by atoms with Gasteiger partial charge in [-0.3, -0.25) is 0 Å². The molecule has 0 bridgehead atoms. The van der Waals surface area contributed by atoms with E-state index in [9.17, 15) is 0 Å². The molecule has 1 atom stereocenters. The maximum Gasteiger partial charge on any atom is 0.0619 e. The van der Waals surface area contributed by atoms with Crippen LogP contribution < -0.4 is 10.2 Å². The molecule has 0 aliphatic carbocycles. The highest BCUT2D eigenvalue weighted by Gasteiger charge is 2.30. The van der Waals surface area contributed by atoms with E-state index < -0.39 is 0 Å². The monoisotopic (exact) mass is 266 g/mol. The van der Waals surface area contributed by atoms with Crippen LogP contribution in [0.25, 0.3) is 0 Å². The maximum atomic E-state index is 3.58. The highest BCUT2D eigenvalue weighted by atomic mass is 79.9. The van der Waals surface area contributed by atoms with Gasteiger partial charge in [-0.2, -0.15) is 0 Å². The minimum absolute atomic E-state index is 0.714. The van der Waals surface area contributed by atoms with Gasteiger partial charge in [-0.1, -0.05) is 15.9 Å². The Labute approximate surface area is 98.8 Å². The molecular weight excluding hydrogens is 252 g/mol. The predicted octanol–water partition coefficient (Wildman–Crippen LogP) is 3.15. The number of fused-ring (bicyclic) bond motifs is 3. The van der Waals surface area contributed by atoms with Crippen LogP contribution in [0.4, 0.5) is 11.4 Å². The Bertz CT molecular complexity index is 403. The molecule has 2 aliphatic heterocycles. The smallest absolute Gasteiger partial charge is 0.0619 e. The van der Waals surface area contributed by atoms with Gasteiger partial charge in [-0.25, -0.2) is 0 Å². The van der Waals surface area contributed by atoms with Crippen LogP contribution in [-0.2, 0) is 0 Å². The Balaban J connectivity index is 2.12. The minimum atomic E-state index is 0.714. The van der Waals surface area contributed by atoms with Crippen molar-refractivity contribution in [3.8, 4) is 0 Å². The fourth-order valence-corrected chi connectivity index (χ4v) is 3.33. The van der Waals surface area contributed by atoms with Crippen molar-refractivity contribution in [1.82, 2.24) is 0 Å². The molecular formula is C12H15BrN2. The summed E-state index contributed by atoms with van der Waals surface area (Å²) in [4.78, 5) is 2.56. The fraction of sp³-hybridized carbons (Fsp3) is 0.500. The normalized spacial score (nSPS) is 23.3. The summed E-state index contributed by atoms with van der Waals surface area (Å²) >= 11 is 3.58. The van der Waals surface area contributed by atoms with E-state index in [2.05, 4.69) is 45.2 Å². The predicted molar refractivity (Wildman–Crippen MR) is 67.7 cm³/mol. The Hall–Kier alpha value is -0.700. The topological polar surface area (TPSA) is 15.3 Å². The van der Waals surface area contributed by atoms with Crippen LogP contribution in [0.5, 0.6) is 0 Å². The van der Waals surface area contributed by atoms with Gasteiger partial charge in [0.05, 0.1) is 11.4 Å². The number of hydrogen-bond acceptors (Lipinski definition) is 2. The average Bonchev–Trinajstić information content (AvgIpc) is 2.65. The van der Waals surface area contributed by atoms with Crippen molar-refractivity contribution < 1.29 is 0 Å². The Morgan fingerprint density at radius 1 is 1.47 bits per heavy atom. The van der Waals surface area contributed by atoms with Crippen molar-refractivity contribution in [3.05, 3.63) is 22.2 Å². The first-order chi connectivity index (χ1) is 7.25. The van der Waals surface area contributed by atoms with Gasteiger partial charge >= 0.3 is 0 Å². The molecule has 1 saturated heterocycles. The highest BCUT2D eigenvalue weighted by Crippen LogP contribution is 2.39. The lowest BCUT2D eigenvalue weighted by Crippen LogP contribution is -2.39. The van der Waals surface area contributed by atoms with E-state index in [1.807, 2.05) is 0 Å².